The Morgan fingerprint density at radius 1 is 1.00 bits per heavy atom. The summed E-state index contributed by atoms with van der Waals surface area (Å²) in [5.74, 6) is 1.68. The maximum Gasteiger partial charge on any atom is 0.0653 e. The fourth-order valence-corrected chi connectivity index (χ4v) is 8.41. The zero-order valence-corrected chi connectivity index (χ0v) is 20.5. The summed E-state index contributed by atoms with van der Waals surface area (Å²) in [6, 6.07) is 0. The molecule has 0 radical (unpaired) electrons. The molecule has 0 aromatic heterocycles. The largest absolute Gasteiger partial charge is 0.390 e. The lowest BCUT2D eigenvalue weighted by atomic mass is 9.45. The first-order valence-electron chi connectivity index (χ1n) is 12.4. The number of fused-ring (bicyclic) bond motifs is 1. The van der Waals surface area contributed by atoms with Crippen LogP contribution >= 0.6 is 0 Å². The number of hydrogen-bond acceptors (Lipinski definition) is 1. The lowest BCUT2D eigenvalue weighted by molar-refractivity contribution is -0.168. The molecule has 1 N–H and O–H groups in total. The van der Waals surface area contributed by atoms with E-state index in [0.29, 0.717) is 22.7 Å². The summed E-state index contributed by atoms with van der Waals surface area (Å²) < 4.78 is 0. The topological polar surface area (TPSA) is 20.2 Å². The maximum atomic E-state index is 11.4. The van der Waals surface area contributed by atoms with Gasteiger partial charge < -0.3 is 5.11 Å². The van der Waals surface area contributed by atoms with Crippen LogP contribution in [0.2, 0.25) is 0 Å². The number of hydrogen-bond donors (Lipinski definition) is 1. The van der Waals surface area contributed by atoms with E-state index >= 15 is 0 Å². The normalized spacial score (nSPS) is 42.4. The Labute approximate surface area is 181 Å². The summed E-state index contributed by atoms with van der Waals surface area (Å²) in [6.45, 7) is 21.2. The number of aliphatic hydroxyl groups is 1. The van der Waals surface area contributed by atoms with Crippen molar-refractivity contribution in [1.29, 1.82) is 0 Å². The van der Waals surface area contributed by atoms with Gasteiger partial charge in [-0.15, -0.1) is 0 Å². The van der Waals surface area contributed by atoms with Crippen molar-refractivity contribution in [2.45, 2.75) is 118 Å². The molecule has 1 heteroatoms. The van der Waals surface area contributed by atoms with Gasteiger partial charge in [-0.1, -0.05) is 64.8 Å². The van der Waals surface area contributed by atoms with Crippen LogP contribution < -0.4 is 0 Å². The van der Waals surface area contributed by atoms with Gasteiger partial charge in [0, 0.05) is 5.92 Å². The van der Waals surface area contributed by atoms with Crippen molar-refractivity contribution in [1.82, 2.24) is 0 Å². The smallest absolute Gasteiger partial charge is 0.0653 e. The van der Waals surface area contributed by atoms with Gasteiger partial charge in [-0.25, -0.2) is 0 Å². The standard InChI is InChI=1S/C28H48O/c1-20(24-21(2)13-10-16-26(24,5)6)12-9-14-23-27(7)18-11-17-25(3,4)22(27)15-19-28(23,8)29/h12,22-24,29H,2,9-11,13-19H2,1,3-8H3/b20-12+/t22-,23+,24-,27-,28+/m0/s1. The second-order valence-electron chi connectivity index (χ2n) is 12.8. The van der Waals surface area contributed by atoms with Gasteiger partial charge >= 0.3 is 0 Å². The quantitative estimate of drug-likeness (QED) is 0.473. The van der Waals surface area contributed by atoms with Crippen LogP contribution in [-0.4, -0.2) is 10.7 Å². The van der Waals surface area contributed by atoms with Gasteiger partial charge in [0.05, 0.1) is 5.60 Å². The van der Waals surface area contributed by atoms with Gasteiger partial charge in [-0.05, 0) is 99.7 Å². The molecule has 0 bridgehead atoms. The van der Waals surface area contributed by atoms with E-state index in [4.69, 9.17) is 0 Å². The van der Waals surface area contributed by atoms with Gasteiger partial charge in [0.15, 0.2) is 0 Å². The van der Waals surface area contributed by atoms with Crippen LogP contribution in [0.1, 0.15) is 113 Å². The number of allylic oxidation sites excluding steroid dienone is 3. The average molecular weight is 401 g/mol. The van der Waals surface area contributed by atoms with E-state index in [9.17, 15) is 5.11 Å². The third kappa shape index (κ3) is 4.28. The van der Waals surface area contributed by atoms with Gasteiger partial charge in [0.25, 0.3) is 0 Å². The molecule has 0 unspecified atom stereocenters. The molecule has 166 valence electrons. The molecule has 0 spiro atoms. The highest BCUT2D eigenvalue weighted by molar-refractivity contribution is 5.23. The maximum absolute atomic E-state index is 11.4. The highest BCUT2D eigenvalue weighted by atomic mass is 16.3. The van der Waals surface area contributed by atoms with E-state index in [2.05, 4.69) is 61.1 Å². The Morgan fingerprint density at radius 2 is 1.66 bits per heavy atom. The summed E-state index contributed by atoms with van der Waals surface area (Å²) >= 11 is 0. The van der Waals surface area contributed by atoms with Crippen LogP contribution in [0, 0.1) is 34.0 Å². The van der Waals surface area contributed by atoms with Crippen LogP contribution in [0.15, 0.2) is 23.8 Å². The Bertz CT molecular complexity index is 649. The van der Waals surface area contributed by atoms with Gasteiger partial charge in [-0.2, -0.15) is 0 Å². The van der Waals surface area contributed by atoms with Crippen molar-refractivity contribution < 1.29 is 5.11 Å². The summed E-state index contributed by atoms with van der Waals surface area (Å²) in [5, 5.41) is 11.4. The second-order valence-corrected chi connectivity index (χ2v) is 12.8. The predicted octanol–water partition coefficient (Wildman–Crippen LogP) is 8.09. The SMILES string of the molecule is C=C1CCCC(C)(C)[C@H]1/C(C)=C/CC[C@@H]1[C@@]2(C)CCCC(C)(C)[C@@H]2CC[C@@]1(C)O. The van der Waals surface area contributed by atoms with Crippen LogP contribution in [-0.2, 0) is 0 Å². The molecule has 5 atom stereocenters. The Balaban J connectivity index is 1.77. The minimum absolute atomic E-state index is 0.277. The molecule has 0 aromatic rings. The molecule has 0 saturated heterocycles. The van der Waals surface area contributed by atoms with E-state index in [1.165, 1.54) is 56.1 Å². The molecule has 3 saturated carbocycles. The molecule has 29 heavy (non-hydrogen) atoms. The first kappa shape index (κ1) is 23.1. The zero-order chi connectivity index (χ0) is 21.7. The highest BCUT2D eigenvalue weighted by Crippen LogP contribution is 2.63. The lowest BCUT2D eigenvalue weighted by Crippen LogP contribution is -2.57. The Hall–Kier alpha value is -0.560. The molecule has 0 heterocycles. The van der Waals surface area contributed by atoms with E-state index in [0.717, 1.165) is 25.2 Å². The first-order chi connectivity index (χ1) is 13.3. The summed E-state index contributed by atoms with van der Waals surface area (Å²) in [5.41, 5.74) is 3.45. The predicted molar refractivity (Wildman–Crippen MR) is 126 cm³/mol. The highest BCUT2D eigenvalue weighted by Gasteiger charge is 2.57. The third-order valence-electron chi connectivity index (χ3n) is 9.65. The van der Waals surface area contributed by atoms with E-state index in [-0.39, 0.29) is 5.41 Å². The Morgan fingerprint density at radius 3 is 2.31 bits per heavy atom. The van der Waals surface area contributed by atoms with Crippen molar-refractivity contribution in [2.75, 3.05) is 0 Å². The molecular weight excluding hydrogens is 352 g/mol. The summed E-state index contributed by atoms with van der Waals surface area (Å²) in [6.07, 6.45) is 14.6. The molecule has 0 amide bonds. The first-order valence-corrected chi connectivity index (χ1v) is 12.4. The van der Waals surface area contributed by atoms with Crippen LogP contribution in [0.4, 0.5) is 0 Å². The third-order valence-corrected chi connectivity index (χ3v) is 9.65. The van der Waals surface area contributed by atoms with Crippen LogP contribution in [0.3, 0.4) is 0 Å². The van der Waals surface area contributed by atoms with E-state index < -0.39 is 5.60 Å². The average Bonchev–Trinajstić information content (AvgIpc) is 2.55. The molecule has 0 aromatic carbocycles. The van der Waals surface area contributed by atoms with Crippen molar-refractivity contribution >= 4 is 0 Å². The van der Waals surface area contributed by atoms with Crippen molar-refractivity contribution in [3.05, 3.63) is 23.8 Å². The summed E-state index contributed by atoms with van der Waals surface area (Å²) in [4.78, 5) is 0. The fraction of sp³-hybridized carbons (Fsp3) is 0.857. The molecule has 1 nitrogen and oxygen atoms in total. The lowest BCUT2D eigenvalue weighted by Gasteiger charge is -2.61. The van der Waals surface area contributed by atoms with Gasteiger partial charge in [0.1, 0.15) is 0 Å². The van der Waals surface area contributed by atoms with Crippen molar-refractivity contribution in [3.63, 3.8) is 0 Å². The van der Waals surface area contributed by atoms with E-state index in [1.807, 2.05) is 0 Å². The molecule has 0 aliphatic heterocycles. The molecule has 3 fully saturated rings. The monoisotopic (exact) mass is 400 g/mol. The van der Waals surface area contributed by atoms with Crippen molar-refractivity contribution in [3.8, 4) is 0 Å². The van der Waals surface area contributed by atoms with Crippen LogP contribution in [0.25, 0.3) is 0 Å². The molecular formula is C28H48O. The second kappa shape index (κ2) is 7.85. The van der Waals surface area contributed by atoms with Gasteiger partial charge in [0.2, 0.25) is 0 Å². The van der Waals surface area contributed by atoms with E-state index in [1.54, 1.807) is 0 Å². The fourth-order valence-electron chi connectivity index (χ4n) is 8.41. The number of rotatable bonds is 4. The summed E-state index contributed by atoms with van der Waals surface area (Å²) in [7, 11) is 0. The minimum Gasteiger partial charge on any atom is -0.390 e. The zero-order valence-electron chi connectivity index (χ0n) is 20.5. The molecule has 3 rings (SSSR count). The molecule has 3 aliphatic rings. The Kier molecular flexibility index (Phi) is 6.25. The minimum atomic E-state index is -0.520. The van der Waals surface area contributed by atoms with Gasteiger partial charge in [-0.3, -0.25) is 0 Å². The van der Waals surface area contributed by atoms with Crippen molar-refractivity contribution in [2.24, 2.45) is 34.0 Å². The van der Waals surface area contributed by atoms with Crippen LogP contribution in [0.5, 0.6) is 0 Å². The molecule has 3 aliphatic carbocycles.